The van der Waals surface area contributed by atoms with Crippen LogP contribution in [0, 0.1) is 0 Å². The van der Waals surface area contributed by atoms with Crippen LogP contribution < -0.4 is 0 Å². The Morgan fingerprint density at radius 1 is 0.882 bits per heavy atom. The number of hydrogen-bond acceptors (Lipinski definition) is 0. The van der Waals surface area contributed by atoms with Crippen LogP contribution in [0.1, 0.15) is 45.4 Å². The summed E-state index contributed by atoms with van der Waals surface area (Å²) in [6, 6.07) is 0. The predicted molar refractivity (Wildman–Crippen MR) is 78.1 cm³/mol. The molecule has 1 rings (SSSR count). The van der Waals surface area contributed by atoms with Crippen LogP contribution in [0.25, 0.3) is 0 Å². The summed E-state index contributed by atoms with van der Waals surface area (Å²) in [5.41, 5.74) is 0. The number of hydrogen-bond donors (Lipinski definition) is 0. The molecule has 1 heterocycles. The predicted octanol–water partition coefficient (Wildman–Crippen LogP) is 3.13. The maximum Gasteiger partial charge on any atom is 0.0784 e. The molecular weight excluding hydrogens is 208 g/mol. The Balaban J connectivity index is 0.000000318. The fourth-order valence-electron chi connectivity index (χ4n) is 2.20. The molecule has 0 aromatic carbocycles. The van der Waals surface area contributed by atoms with Crippen molar-refractivity contribution in [3.63, 3.8) is 0 Å². The standard InChI is InChI=1S/C9H22N.C6H14N/c1-5-6-7-8-9-10(2,3)4;1-7(2)5-3-4-6-7/h5-9H2,1-4H3;3-6H2,1-2H3/q2*+1. The largest absolute Gasteiger partial charge is 0.331 e. The van der Waals surface area contributed by atoms with E-state index in [4.69, 9.17) is 0 Å². The molecule has 1 aliphatic heterocycles. The summed E-state index contributed by atoms with van der Waals surface area (Å²) in [7, 11) is 11.4. The molecule has 1 saturated heterocycles. The molecule has 2 heteroatoms. The third-order valence-electron chi connectivity index (χ3n) is 3.46. The van der Waals surface area contributed by atoms with Crippen molar-refractivity contribution in [3.05, 3.63) is 0 Å². The Morgan fingerprint density at radius 3 is 1.71 bits per heavy atom. The molecule has 0 amide bonds. The van der Waals surface area contributed by atoms with Gasteiger partial charge in [0.2, 0.25) is 0 Å². The molecule has 2 nitrogen and oxygen atoms in total. The SMILES string of the molecule is CCCCCC[N+](C)(C)C.C[N+]1(C)CCCC1. The van der Waals surface area contributed by atoms with Crippen LogP contribution in [-0.4, -0.2) is 63.8 Å². The van der Waals surface area contributed by atoms with Gasteiger partial charge in [-0.2, -0.15) is 0 Å². The Morgan fingerprint density at radius 2 is 1.41 bits per heavy atom. The first kappa shape index (κ1) is 16.9. The summed E-state index contributed by atoms with van der Waals surface area (Å²) in [6.45, 7) is 6.35. The van der Waals surface area contributed by atoms with Crippen molar-refractivity contribution in [2.75, 3.05) is 54.9 Å². The normalized spacial score (nSPS) is 18.7. The van der Waals surface area contributed by atoms with Gasteiger partial charge in [-0.05, 0) is 12.8 Å². The number of likely N-dealkylation sites (tertiary alicyclic amines) is 1. The van der Waals surface area contributed by atoms with Gasteiger partial charge in [-0.15, -0.1) is 0 Å². The van der Waals surface area contributed by atoms with Crippen molar-refractivity contribution in [1.82, 2.24) is 0 Å². The fourth-order valence-corrected chi connectivity index (χ4v) is 2.20. The van der Waals surface area contributed by atoms with Crippen LogP contribution in [0.4, 0.5) is 0 Å². The van der Waals surface area contributed by atoms with Crippen LogP contribution in [0.2, 0.25) is 0 Å². The van der Waals surface area contributed by atoms with E-state index in [-0.39, 0.29) is 0 Å². The third kappa shape index (κ3) is 12.2. The van der Waals surface area contributed by atoms with Crippen molar-refractivity contribution in [1.29, 1.82) is 0 Å². The third-order valence-corrected chi connectivity index (χ3v) is 3.46. The minimum Gasteiger partial charge on any atom is -0.331 e. The van der Waals surface area contributed by atoms with Gasteiger partial charge in [0.1, 0.15) is 0 Å². The minimum atomic E-state index is 1.11. The maximum absolute atomic E-state index is 2.30. The number of unbranched alkanes of at least 4 members (excludes halogenated alkanes) is 3. The fraction of sp³-hybridized carbons (Fsp3) is 1.00. The van der Waals surface area contributed by atoms with Crippen molar-refractivity contribution in [2.45, 2.75) is 45.4 Å². The molecule has 0 radical (unpaired) electrons. The van der Waals surface area contributed by atoms with Gasteiger partial charge in [-0.25, -0.2) is 0 Å². The van der Waals surface area contributed by atoms with E-state index < -0.39 is 0 Å². The van der Waals surface area contributed by atoms with E-state index in [2.05, 4.69) is 42.2 Å². The van der Waals surface area contributed by atoms with E-state index in [1.807, 2.05) is 0 Å². The molecule has 0 N–H and O–H groups in total. The van der Waals surface area contributed by atoms with Gasteiger partial charge < -0.3 is 8.97 Å². The monoisotopic (exact) mass is 244 g/mol. The molecule has 0 bridgehead atoms. The lowest BCUT2D eigenvalue weighted by Gasteiger charge is -2.23. The first-order valence-corrected chi connectivity index (χ1v) is 7.39. The quantitative estimate of drug-likeness (QED) is 0.515. The Hall–Kier alpha value is -0.0800. The molecule has 1 aliphatic rings. The first-order chi connectivity index (χ1) is 7.77. The van der Waals surface area contributed by atoms with E-state index in [1.165, 1.54) is 62.6 Å². The Bertz CT molecular complexity index is 172. The summed E-state index contributed by atoms with van der Waals surface area (Å²) < 4.78 is 2.36. The van der Waals surface area contributed by atoms with Gasteiger partial charge in [0.15, 0.2) is 0 Å². The summed E-state index contributed by atoms with van der Waals surface area (Å²) in [5.74, 6) is 0. The van der Waals surface area contributed by atoms with E-state index >= 15 is 0 Å². The van der Waals surface area contributed by atoms with Crippen LogP contribution in [0.3, 0.4) is 0 Å². The zero-order valence-electron chi connectivity index (χ0n) is 13.3. The smallest absolute Gasteiger partial charge is 0.0784 e. The van der Waals surface area contributed by atoms with Gasteiger partial charge in [0.05, 0.1) is 54.9 Å². The van der Waals surface area contributed by atoms with E-state index in [0.29, 0.717) is 0 Å². The van der Waals surface area contributed by atoms with E-state index in [9.17, 15) is 0 Å². The lowest BCUT2D eigenvalue weighted by molar-refractivity contribution is -0.877. The van der Waals surface area contributed by atoms with Crippen LogP contribution in [0.15, 0.2) is 0 Å². The summed E-state index contributed by atoms with van der Waals surface area (Å²) in [6.07, 6.45) is 8.42. The summed E-state index contributed by atoms with van der Waals surface area (Å²) in [4.78, 5) is 0. The molecule has 0 aromatic heterocycles. The molecule has 104 valence electrons. The topological polar surface area (TPSA) is 0 Å². The van der Waals surface area contributed by atoms with E-state index in [0.717, 1.165) is 4.48 Å². The van der Waals surface area contributed by atoms with Crippen LogP contribution >= 0.6 is 0 Å². The minimum absolute atomic E-state index is 1.11. The maximum atomic E-state index is 2.30. The van der Waals surface area contributed by atoms with Crippen LogP contribution in [0.5, 0.6) is 0 Å². The molecule has 1 fully saturated rings. The lowest BCUT2D eigenvalue weighted by atomic mass is 10.2. The molecular formula is C15H36N2+2. The van der Waals surface area contributed by atoms with Gasteiger partial charge >= 0.3 is 0 Å². The van der Waals surface area contributed by atoms with Gasteiger partial charge in [0, 0.05) is 12.8 Å². The average Bonchev–Trinajstić information content (AvgIpc) is 2.57. The molecule has 17 heavy (non-hydrogen) atoms. The highest BCUT2D eigenvalue weighted by Crippen LogP contribution is 2.11. The highest BCUT2D eigenvalue weighted by molar-refractivity contribution is 4.46. The second kappa shape index (κ2) is 8.10. The Kier molecular flexibility index (Phi) is 8.06. The van der Waals surface area contributed by atoms with Gasteiger partial charge in [-0.1, -0.05) is 19.8 Å². The zero-order valence-corrected chi connectivity index (χ0v) is 13.3. The van der Waals surface area contributed by atoms with Crippen molar-refractivity contribution < 1.29 is 8.97 Å². The molecule has 0 saturated carbocycles. The average molecular weight is 244 g/mol. The van der Waals surface area contributed by atoms with Crippen molar-refractivity contribution in [2.24, 2.45) is 0 Å². The number of nitrogens with zero attached hydrogens (tertiary/aromatic N) is 2. The van der Waals surface area contributed by atoms with E-state index in [1.54, 1.807) is 0 Å². The second-order valence-electron chi connectivity index (χ2n) is 7.16. The first-order valence-electron chi connectivity index (χ1n) is 7.39. The molecule has 0 aromatic rings. The van der Waals surface area contributed by atoms with Gasteiger partial charge in [-0.3, -0.25) is 0 Å². The Labute approximate surface area is 110 Å². The zero-order chi connectivity index (χ0) is 13.4. The number of rotatable bonds is 5. The lowest BCUT2D eigenvalue weighted by Crippen LogP contribution is -2.35. The van der Waals surface area contributed by atoms with Crippen LogP contribution in [-0.2, 0) is 0 Å². The highest BCUT2D eigenvalue weighted by atomic mass is 15.3. The number of quaternary nitrogens is 2. The molecule has 0 atom stereocenters. The van der Waals surface area contributed by atoms with Gasteiger partial charge in [0.25, 0.3) is 0 Å². The molecule has 0 aliphatic carbocycles. The summed E-state index contributed by atoms with van der Waals surface area (Å²) >= 11 is 0. The second-order valence-corrected chi connectivity index (χ2v) is 7.16. The molecule has 0 spiro atoms. The highest BCUT2D eigenvalue weighted by Gasteiger charge is 2.19. The van der Waals surface area contributed by atoms with Crippen molar-refractivity contribution in [3.8, 4) is 0 Å². The molecule has 0 unspecified atom stereocenters. The van der Waals surface area contributed by atoms with Crippen molar-refractivity contribution >= 4 is 0 Å². The summed E-state index contributed by atoms with van der Waals surface area (Å²) in [5, 5.41) is 0.